The van der Waals surface area contributed by atoms with E-state index in [4.69, 9.17) is 5.11 Å². The van der Waals surface area contributed by atoms with Gasteiger partial charge < -0.3 is 10.4 Å². The summed E-state index contributed by atoms with van der Waals surface area (Å²) in [5, 5.41) is 12.9. The summed E-state index contributed by atoms with van der Waals surface area (Å²) in [5.74, 6) is -1.77. The number of carboxylic acids is 1. The van der Waals surface area contributed by atoms with Crippen molar-refractivity contribution in [1.29, 1.82) is 0 Å². The van der Waals surface area contributed by atoms with Gasteiger partial charge >= 0.3 is 5.97 Å². The van der Waals surface area contributed by atoms with E-state index in [1.807, 2.05) is 0 Å². The first-order valence-electron chi connectivity index (χ1n) is 6.31. The molecule has 1 atom stereocenters. The van der Waals surface area contributed by atoms with Crippen LogP contribution in [0.4, 0.5) is 0 Å². The van der Waals surface area contributed by atoms with Gasteiger partial charge in [0.05, 0.1) is 6.54 Å². The van der Waals surface area contributed by atoms with Crippen LogP contribution in [-0.2, 0) is 19.6 Å². The van der Waals surface area contributed by atoms with Crippen LogP contribution in [0.5, 0.6) is 0 Å². The Morgan fingerprint density at radius 2 is 2.14 bits per heavy atom. The third-order valence-electron chi connectivity index (χ3n) is 2.74. The van der Waals surface area contributed by atoms with Crippen molar-refractivity contribution in [1.82, 2.24) is 9.62 Å². The van der Waals surface area contributed by atoms with Crippen LogP contribution in [0.25, 0.3) is 0 Å². The molecule has 0 aromatic carbocycles. The third-order valence-corrected chi connectivity index (χ3v) is 5.91. The largest absolute Gasteiger partial charge is 0.480 e. The first-order valence-corrected chi connectivity index (χ1v) is 8.63. The second kappa shape index (κ2) is 7.53. The van der Waals surface area contributed by atoms with Crippen molar-refractivity contribution in [2.45, 2.75) is 30.0 Å². The normalized spacial score (nSPS) is 13.1. The predicted octanol–water partition coefficient (Wildman–Crippen LogP) is 0.738. The second-order valence-corrected chi connectivity index (χ2v) is 7.66. The number of carbonyl (C=O) groups is 2. The number of carboxylic acid groups (broad SMARTS) is 1. The lowest BCUT2D eigenvalue weighted by Gasteiger charge is -2.18. The summed E-state index contributed by atoms with van der Waals surface area (Å²) >= 11 is 1.06. The molecule has 1 rings (SSSR count). The first kappa shape index (κ1) is 17.6. The van der Waals surface area contributed by atoms with E-state index in [0.29, 0.717) is 12.8 Å². The topological polar surface area (TPSA) is 104 Å². The van der Waals surface area contributed by atoms with E-state index >= 15 is 0 Å². The maximum absolute atomic E-state index is 12.1. The van der Waals surface area contributed by atoms with Crippen LogP contribution in [-0.4, -0.2) is 49.3 Å². The Balaban J connectivity index is 2.68. The highest BCUT2D eigenvalue weighted by atomic mass is 32.2. The molecule has 7 nitrogen and oxygen atoms in total. The Morgan fingerprint density at radius 3 is 2.62 bits per heavy atom. The molecule has 2 N–H and O–H groups in total. The highest BCUT2D eigenvalue weighted by molar-refractivity contribution is 7.91. The molecule has 0 unspecified atom stereocenters. The molecule has 0 aliphatic carbocycles. The molecule has 9 heteroatoms. The van der Waals surface area contributed by atoms with Gasteiger partial charge in [0.15, 0.2) is 0 Å². The van der Waals surface area contributed by atoms with Gasteiger partial charge in [-0.15, -0.1) is 11.3 Å². The molecule has 0 bridgehead atoms. The molecule has 1 heterocycles. The van der Waals surface area contributed by atoms with Crippen LogP contribution in [0.1, 0.15) is 19.8 Å². The van der Waals surface area contributed by atoms with Crippen LogP contribution < -0.4 is 5.32 Å². The van der Waals surface area contributed by atoms with Crippen molar-refractivity contribution in [3.63, 3.8) is 0 Å². The predicted molar refractivity (Wildman–Crippen MR) is 78.6 cm³/mol. The molecule has 0 saturated carbocycles. The third kappa shape index (κ3) is 4.80. The summed E-state index contributed by atoms with van der Waals surface area (Å²) in [5.41, 5.74) is 0. The molecule has 118 valence electrons. The van der Waals surface area contributed by atoms with Crippen LogP contribution in [0.3, 0.4) is 0 Å². The highest BCUT2D eigenvalue weighted by Crippen LogP contribution is 2.19. The molecule has 1 aromatic heterocycles. The van der Waals surface area contributed by atoms with E-state index in [-0.39, 0.29) is 4.21 Å². The standard InChI is InChI=1S/C12H18N2O5S2/c1-3-5-9(12(16)17)13-10(15)8-14(2)21(18,19)11-6-4-7-20-11/h4,6-7,9H,3,5,8H2,1-2H3,(H,13,15)(H,16,17)/t9-/m1/s1. The number of thiophene rings is 1. The van der Waals surface area contributed by atoms with Crippen molar-refractivity contribution in [3.05, 3.63) is 17.5 Å². The number of nitrogens with zero attached hydrogens (tertiary/aromatic N) is 1. The highest BCUT2D eigenvalue weighted by Gasteiger charge is 2.25. The zero-order chi connectivity index (χ0) is 16.0. The smallest absolute Gasteiger partial charge is 0.326 e. The maximum Gasteiger partial charge on any atom is 0.326 e. The monoisotopic (exact) mass is 334 g/mol. The van der Waals surface area contributed by atoms with E-state index in [9.17, 15) is 18.0 Å². The van der Waals surface area contributed by atoms with Crippen molar-refractivity contribution < 1.29 is 23.1 Å². The van der Waals surface area contributed by atoms with Crippen molar-refractivity contribution in [2.75, 3.05) is 13.6 Å². The molecule has 0 saturated heterocycles. The summed E-state index contributed by atoms with van der Waals surface area (Å²) in [6, 6.07) is 2.05. The number of likely N-dealkylation sites (N-methyl/N-ethyl adjacent to an activating group) is 1. The number of amides is 1. The minimum atomic E-state index is -3.72. The summed E-state index contributed by atoms with van der Waals surface area (Å²) in [7, 11) is -2.43. The van der Waals surface area contributed by atoms with Crippen molar-refractivity contribution in [2.24, 2.45) is 0 Å². The van der Waals surface area contributed by atoms with E-state index in [1.54, 1.807) is 18.4 Å². The van der Waals surface area contributed by atoms with E-state index < -0.39 is 34.5 Å². The van der Waals surface area contributed by atoms with E-state index in [1.165, 1.54) is 13.1 Å². The van der Waals surface area contributed by atoms with Gasteiger partial charge in [0, 0.05) is 7.05 Å². The fourth-order valence-electron chi connectivity index (χ4n) is 1.64. The molecular weight excluding hydrogens is 316 g/mol. The molecular formula is C12H18N2O5S2. The number of nitrogens with one attached hydrogen (secondary N) is 1. The summed E-state index contributed by atoms with van der Waals surface area (Å²) in [6.07, 6.45) is 0.892. The van der Waals surface area contributed by atoms with Crippen LogP contribution >= 0.6 is 11.3 Å². The summed E-state index contributed by atoms with van der Waals surface area (Å²) in [4.78, 5) is 22.7. The average molecular weight is 334 g/mol. The molecule has 0 aliphatic heterocycles. The summed E-state index contributed by atoms with van der Waals surface area (Å²) in [6.45, 7) is 1.38. The quantitative estimate of drug-likeness (QED) is 0.730. The molecule has 0 radical (unpaired) electrons. The second-order valence-electron chi connectivity index (χ2n) is 4.44. The lowest BCUT2D eigenvalue weighted by atomic mass is 10.2. The number of carbonyl (C=O) groups excluding carboxylic acids is 1. The van der Waals surface area contributed by atoms with Gasteiger partial charge in [-0.25, -0.2) is 13.2 Å². The van der Waals surface area contributed by atoms with E-state index in [0.717, 1.165) is 15.6 Å². The molecule has 0 spiro atoms. The maximum atomic E-state index is 12.1. The zero-order valence-corrected chi connectivity index (χ0v) is 13.4. The van der Waals surface area contributed by atoms with Crippen molar-refractivity contribution >= 4 is 33.2 Å². The van der Waals surface area contributed by atoms with Gasteiger partial charge in [-0.3, -0.25) is 4.79 Å². The van der Waals surface area contributed by atoms with Crippen LogP contribution in [0.2, 0.25) is 0 Å². The lowest BCUT2D eigenvalue weighted by Crippen LogP contribution is -2.45. The SMILES string of the molecule is CCC[C@@H](NC(=O)CN(C)S(=O)(=O)c1cccs1)C(=O)O. The Morgan fingerprint density at radius 1 is 1.48 bits per heavy atom. The number of sulfonamides is 1. The van der Waals surface area contributed by atoms with Gasteiger partial charge in [-0.1, -0.05) is 19.4 Å². The molecule has 0 fully saturated rings. The number of rotatable bonds is 8. The number of hydrogen-bond acceptors (Lipinski definition) is 5. The van der Waals surface area contributed by atoms with Gasteiger partial charge in [0.2, 0.25) is 5.91 Å². The Hall–Kier alpha value is -1.45. The molecule has 21 heavy (non-hydrogen) atoms. The minimum Gasteiger partial charge on any atom is -0.480 e. The van der Waals surface area contributed by atoms with Crippen LogP contribution in [0.15, 0.2) is 21.7 Å². The number of hydrogen-bond donors (Lipinski definition) is 2. The Labute approximate surface area is 127 Å². The van der Waals surface area contributed by atoms with Gasteiger partial charge in [-0.05, 0) is 17.9 Å². The average Bonchev–Trinajstić information content (AvgIpc) is 2.92. The fraction of sp³-hybridized carbons (Fsp3) is 0.500. The molecule has 1 amide bonds. The van der Waals surface area contributed by atoms with Gasteiger partial charge in [0.25, 0.3) is 10.0 Å². The lowest BCUT2D eigenvalue weighted by molar-refractivity contribution is -0.142. The Bertz CT molecular complexity index is 583. The fourth-order valence-corrected chi connectivity index (χ4v) is 3.97. The van der Waals surface area contributed by atoms with Crippen molar-refractivity contribution in [3.8, 4) is 0 Å². The first-order chi connectivity index (χ1) is 9.78. The van der Waals surface area contributed by atoms with Gasteiger partial charge in [-0.2, -0.15) is 4.31 Å². The van der Waals surface area contributed by atoms with Crippen LogP contribution in [0, 0.1) is 0 Å². The summed E-state index contributed by atoms with van der Waals surface area (Å²) < 4.78 is 25.3. The van der Waals surface area contributed by atoms with Gasteiger partial charge in [0.1, 0.15) is 10.3 Å². The zero-order valence-electron chi connectivity index (χ0n) is 11.8. The van der Waals surface area contributed by atoms with E-state index in [2.05, 4.69) is 5.32 Å². The minimum absolute atomic E-state index is 0.140. The Kier molecular flexibility index (Phi) is 6.31. The molecule has 1 aromatic rings. The molecule has 0 aliphatic rings. The number of aliphatic carboxylic acids is 1.